The molecule has 0 N–H and O–H groups in total. The second-order valence-corrected chi connectivity index (χ2v) is 6.11. The second kappa shape index (κ2) is 6.35. The van der Waals surface area contributed by atoms with Crippen LogP contribution in [-0.2, 0) is 0 Å². The fraction of sp³-hybridized carbons (Fsp3) is 0.571. The zero-order chi connectivity index (χ0) is 12.1. The van der Waals surface area contributed by atoms with E-state index in [-0.39, 0.29) is 5.82 Å². The summed E-state index contributed by atoms with van der Waals surface area (Å²) in [4.78, 5) is 0. The van der Waals surface area contributed by atoms with Crippen LogP contribution in [-0.4, -0.2) is 12.8 Å². The molecule has 0 heterocycles. The standard InChI is InChI=1S/C14H20FOP/c1-2-3-8-17-12-6-7-14(13(15)9-12)16-10-11-4-5-11/h6-7,9,11,17H,2-5,8,10H2,1H3. The van der Waals surface area contributed by atoms with Gasteiger partial charge in [0.2, 0.25) is 0 Å². The van der Waals surface area contributed by atoms with E-state index < -0.39 is 0 Å². The van der Waals surface area contributed by atoms with Crippen molar-refractivity contribution >= 4 is 13.9 Å². The fourth-order valence-electron chi connectivity index (χ4n) is 1.63. The van der Waals surface area contributed by atoms with Crippen LogP contribution in [0.2, 0.25) is 0 Å². The van der Waals surface area contributed by atoms with E-state index in [1.54, 1.807) is 12.1 Å². The molecule has 1 aliphatic carbocycles. The van der Waals surface area contributed by atoms with Crippen molar-refractivity contribution in [2.75, 3.05) is 12.8 Å². The van der Waals surface area contributed by atoms with Gasteiger partial charge in [0.05, 0.1) is 6.61 Å². The summed E-state index contributed by atoms with van der Waals surface area (Å²) in [7, 11) is 0.718. The second-order valence-electron chi connectivity index (χ2n) is 4.68. The van der Waals surface area contributed by atoms with Crippen molar-refractivity contribution in [3.05, 3.63) is 24.0 Å². The van der Waals surface area contributed by atoms with Gasteiger partial charge in [0, 0.05) is 0 Å². The fourth-order valence-corrected chi connectivity index (χ4v) is 2.88. The van der Waals surface area contributed by atoms with Crippen molar-refractivity contribution in [3.63, 3.8) is 0 Å². The first-order valence-corrected chi connectivity index (χ1v) is 7.66. The first-order valence-electron chi connectivity index (χ1n) is 6.46. The van der Waals surface area contributed by atoms with Crippen LogP contribution in [0.1, 0.15) is 32.6 Å². The number of benzene rings is 1. The van der Waals surface area contributed by atoms with E-state index in [4.69, 9.17) is 4.74 Å². The normalized spacial score (nSPS) is 15.6. The predicted molar refractivity (Wildman–Crippen MR) is 72.3 cm³/mol. The summed E-state index contributed by atoms with van der Waals surface area (Å²) in [6, 6.07) is 5.42. The first kappa shape index (κ1) is 12.8. The summed E-state index contributed by atoms with van der Waals surface area (Å²) in [5.41, 5.74) is 0. The van der Waals surface area contributed by atoms with E-state index in [0.29, 0.717) is 18.3 Å². The van der Waals surface area contributed by atoms with Gasteiger partial charge in [-0.2, -0.15) is 0 Å². The molecule has 0 saturated heterocycles. The number of unbranched alkanes of at least 4 members (excludes halogenated alkanes) is 1. The maximum atomic E-state index is 13.7. The predicted octanol–water partition coefficient (Wildman–Crippen LogP) is 3.72. The molecule has 1 aromatic rings. The molecule has 0 amide bonds. The number of hydrogen-bond acceptors (Lipinski definition) is 1. The molecule has 2 rings (SSSR count). The molecule has 1 aromatic carbocycles. The Labute approximate surface area is 105 Å². The van der Waals surface area contributed by atoms with Crippen molar-refractivity contribution < 1.29 is 9.13 Å². The zero-order valence-corrected chi connectivity index (χ0v) is 11.3. The summed E-state index contributed by atoms with van der Waals surface area (Å²) < 4.78 is 19.2. The van der Waals surface area contributed by atoms with Gasteiger partial charge in [-0.05, 0) is 48.8 Å². The minimum Gasteiger partial charge on any atom is -0.490 e. The Balaban J connectivity index is 1.85. The summed E-state index contributed by atoms with van der Waals surface area (Å²) in [5.74, 6) is 0.883. The topological polar surface area (TPSA) is 9.23 Å². The number of hydrogen-bond donors (Lipinski definition) is 0. The van der Waals surface area contributed by atoms with Crippen LogP contribution in [0.4, 0.5) is 4.39 Å². The molecule has 1 unspecified atom stereocenters. The summed E-state index contributed by atoms with van der Waals surface area (Å²) in [6.45, 7) is 2.86. The first-order chi connectivity index (χ1) is 8.29. The lowest BCUT2D eigenvalue weighted by atomic mass is 10.3. The zero-order valence-electron chi connectivity index (χ0n) is 10.3. The molecule has 17 heavy (non-hydrogen) atoms. The highest BCUT2D eigenvalue weighted by atomic mass is 31.1. The van der Waals surface area contributed by atoms with Crippen LogP contribution < -0.4 is 10.0 Å². The van der Waals surface area contributed by atoms with E-state index in [0.717, 1.165) is 20.0 Å². The van der Waals surface area contributed by atoms with E-state index >= 15 is 0 Å². The van der Waals surface area contributed by atoms with Gasteiger partial charge in [-0.1, -0.05) is 28.0 Å². The van der Waals surface area contributed by atoms with Crippen LogP contribution >= 0.6 is 8.58 Å². The van der Waals surface area contributed by atoms with Crippen molar-refractivity contribution in [1.82, 2.24) is 0 Å². The summed E-state index contributed by atoms with van der Waals surface area (Å²) in [5, 5.41) is 1.11. The van der Waals surface area contributed by atoms with Crippen LogP contribution in [0.3, 0.4) is 0 Å². The lowest BCUT2D eigenvalue weighted by molar-refractivity contribution is 0.285. The van der Waals surface area contributed by atoms with Crippen LogP contribution in [0.25, 0.3) is 0 Å². The average molecular weight is 254 g/mol. The van der Waals surface area contributed by atoms with E-state index in [2.05, 4.69) is 6.92 Å². The molecule has 0 spiro atoms. The highest BCUT2D eigenvalue weighted by Gasteiger charge is 2.22. The Morgan fingerprint density at radius 1 is 1.41 bits per heavy atom. The molecule has 3 heteroatoms. The van der Waals surface area contributed by atoms with E-state index in [9.17, 15) is 4.39 Å². The highest BCUT2D eigenvalue weighted by Crippen LogP contribution is 2.30. The van der Waals surface area contributed by atoms with E-state index in [1.807, 2.05) is 6.07 Å². The lowest BCUT2D eigenvalue weighted by Gasteiger charge is -2.08. The van der Waals surface area contributed by atoms with Gasteiger partial charge >= 0.3 is 0 Å². The minimum absolute atomic E-state index is 0.202. The van der Waals surface area contributed by atoms with Crippen LogP contribution in [0, 0.1) is 11.7 Å². The molecular formula is C14H20FOP. The third-order valence-electron chi connectivity index (χ3n) is 2.96. The SMILES string of the molecule is CCCCPc1ccc(OCC2CC2)c(F)c1. The van der Waals surface area contributed by atoms with Crippen molar-refractivity contribution in [3.8, 4) is 5.75 Å². The summed E-state index contributed by atoms with van der Waals surface area (Å²) in [6.07, 6.45) is 6.06. The molecule has 1 nitrogen and oxygen atoms in total. The maximum absolute atomic E-state index is 13.7. The molecule has 1 aliphatic rings. The van der Waals surface area contributed by atoms with Gasteiger partial charge in [-0.3, -0.25) is 0 Å². The maximum Gasteiger partial charge on any atom is 0.165 e. The molecular weight excluding hydrogens is 234 g/mol. The average Bonchev–Trinajstić information content (AvgIpc) is 3.12. The monoisotopic (exact) mass is 254 g/mol. The quantitative estimate of drug-likeness (QED) is 0.532. The van der Waals surface area contributed by atoms with Gasteiger partial charge in [0.1, 0.15) is 0 Å². The Morgan fingerprint density at radius 3 is 2.88 bits per heavy atom. The minimum atomic E-state index is -0.202. The van der Waals surface area contributed by atoms with Gasteiger partial charge in [-0.15, -0.1) is 0 Å². The number of halogens is 1. The Hall–Kier alpha value is -0.620. The molecule has 0 aliphatic heterocycles. The van der Waals surface area contributed by atoms with Crippen molar-refractivity contribution in [2.24, 2.45) is 5.92 Å². The molecule has 0 bridgehead atoms. The molecule has 1 saturated carbocycles. The Morgan fingerprint density at radius 2 is 2.24 bits per heavy atom. The molecule has 94 valence electrons. The number of rotatable bonds is 7. The molecule has 1 fully saturated rings. The van der Waals surface area contributed by atoms with Gasteiger partial charge in [-0.25, -0.2) is 4.39 Å². The Kier molecular flexibility index (Phi) is 4.79. The smallest absolute Gasteiger partial charge is 0.165 e. The third-order valence-corrected chi connectivity index (χ3v) is 4.29. The van der Waals surface area contributed by atoms with Gasteiger partial charge < -0.3 is 4.74 Å². The third kappa shape index (κ3) is 4.27. The van der Waals surface area contributed by atoms with Gasteiger partial charge in [0.15, 0.2) is 11.6 Å². The Bertz CT molecular complexity index is 363. The lowest BCUT2D eigenvalue weighted by Crippen LogP contribution is -2.04. The number of ether oxygens (including phenoxy) is 1. The highest BCUT2D eigenvalue weighted by molar-refractivity contribution is 7.47. The van der Waals surface area contributed by atoms with Crippen LogP contribution in [0.15, 0.2) is 18.2 Å². The largest absolute Gasteiger partial charge is 0.490 e. The molecule has 0 aromatic heterocycles. The van der Waals surface area contributed by atoms with Gasteiger partial charge in [0.25, 0.3) is 0 Å². The van der Waals surface area contributed by atoms with Crippen LogP contribution in [0.5, 0.6) is 5.75 Å². The molecule has 0 radical (unpaired) electrons. The van der Waals surface area contributed by atoms with E-state index in [1.165, 1.54) is 25.7 Å². The summed E-state index contributed by atoms with van der Waals surface area (Å²) >= 11 is 0. The van der Waals surface area contributed by atoms with Crippen molar-refractivity contribution in [2.45, 2.75) is 32.6 Å². The van der Waals surface area contributed by atoms with Crippen molar-refractivity contribution in [1.29, 1.82) is 0 Å². The molecule has 1 atom stereocenters.